The molecule has 0 saturated carbocycles. The van der Waals surface area contributed by atoms with Gasteiger partial charge in [0.25, 0.3) is 0 Å². The van der Waals surface area contributed by atoms with Crippen molar-refractivity contribution >= 4 is 5.91 Å². The van der Waals surface area contributed by atoms with Crippen LogP contribution in [-0.4, -0.2) is 42.5 Å². The quantitative estimate of drug-likeness (QED) is 0.704. The topological polar surface area (TPSA) is 76.8 Å². The van der Waals surface area contributed by atoms with E-state index in [1.54, 1.807) is 4.68 Å². The van der Waals surface area contributed by atoms with Gasteiger partial charge in [-0.1, -0.05) is 36.4 Å². The van der Waals surface area contributed by atoms with Crippen LogP contribution >= 0.6 is 0 Å². The van der Waals surface area contributed by atoms with E-state index in [9.17, 15) is 4.79 Å². The Morgan fingerprint density at radius 1 is 1.12 bits per heavy atom. The van der Waals surface area contributed by atoms with Gasteiger partial charge >= 0.3 is 0 Å². The van der Waals surface area contributed by atoms with E-state index in [1.807, 2.05) is 48.2 Å². The Balaban J connectivity index is 1.59. The number of tetrazole rings is 1. The van der Waals surface area contributed by atoms with E-state index in [-0.39, 0.29) is 18.5 Å². The first-order valence-corrected chi connectivity index (χ1v) is 8.75. The number of nitrogens with zero attached hydrogens (tertiary/aromatic N) is 6. The van der Waals surface area contributed by atoms with Crippen molar-refractivity contribution in [2.45, 2.75) is 32.4 Å². The van der Waals surface area contributed by atoms with Gasteiger partial charge in [0.05, 0.1) is 5.69 Å². The number of benzene rings is 1. The summed E-state index contributed by atoms with van der Waals surface area (Å²) >= 11 is 0. The highest BCUT2D eigenvalue weighted by Crippen LogP contribution is 2.29. The van der Waals surface area contributed by atoms with Crippen molar-refractivity contribution in [3.05, 3.63) is 71.3 Å². The molecular formula is C19H20N6O. The number of hydrogen-bond donors (Lipinski definition) is 0. The summed E-state index contributed by atoms with van der Waals surface area (Å²) in [6, 6.07) is 15.8. The van der Waals surface area contributed by atoms with E-state index >= 15 is 0 Å². The summed E-state index contributed by atoms with van der Waals surface area (Å²) in [5.41, 5.74) is 2.98. The molecule has 2 aromatic heterocycles. The molecule has 0 fully saturated rings. The smallest absolute Gasteiger partial charge is 0.245 e. The van der Waals surface area contributed by atoms with Crippen LogP contribution in [0.3, 0.4) is 0 Å². The van der Waals surface area contributed by atoms with Gasteiger partial charge in [-0.05, 0) is 47.9 Å². The van der Waals surface area contributed by atoms with Gasteiger partial charge in [0.2, 0.25) is 5.91 Å². The Bertz CT molecular complexity index is 907. The number of hydrogen-bond acceptors (Lipinski definition) is 5. The van der Waals surface area contributed by atoms with Crippen LogP contribution in [0, 0.1) is 6.92 Å². The molecule has 1 unspecified atom stereocenters. The van der Waals surface area contributed by atoms with E-state index in [2.05, 4.69) is 32.6 Å². The van der Waals surface area contributed by atoms with Gasteiger partial charge in [0.1, 0.15) is 12.6 Å². The van der Waals surface area contributed by atoms with Gasteiger partial charge in [-0.3, -0.25) is 9.78 Å². The number of amides is 1. The molecule has 4 rings (SSSR count). The molecule has 7 heteroatoms. The largest absolute Gasteiger partial charge is 0.325 e. The highest BCUT2D eigenvalue weighted by molar-refractivity contribution is 5.78. The molecule has 0 bridgehead atoms. The maximum Gasteiger partial charge on any atom is 0.245 e. The lowest BCUT2D eigenvalue weighted by molar-refractivity contribution is -0.136. The van der Waals surface area contributed by atoms with Crippen LogP contribution in [0.4, 0.5) is 0 Å². The molecule has 132 valence electrons. The summed E-state index contributed by atoms with van der Waals surface area (Å²) < 4.78 is 1.57. The zero-order chi connectivity index (χ0) is 17.9. The SMILES string of the molecule is Cc1cccc(C2c3nnnn3CC(=O)N2CCCc2ccccc2)n1. The predicted molar refractivity (Wildman–Crippen MR) is 95.1 cm³/mol. The lowest BCUT2D eigenvalue weighted by atomic mass is 10.1. The Kier molecular flexibility index (Phi) is 4.43. The molecule has 3 heterocycles. The van der Waals surface area contributed by atoms with Crippen molar-refractivity contribution in [3.63, 3.8) is 0 Å². The fourth-order valence-electron chi connectivity index (χ4n) is 3.38. The van der Waals surface area contributed by atoms with Crippen molar-refractivity contribution < 1.29 is 4.79 Å². The van der Waals surface area contributed by atoms with Crippen LogP contribution in [-0.2, 0) is 17.8 Å². The van der Waals surface area contributed by atoms with Gasteiger partial charge < -0.3 is 4.90 Å². The highest BCUT2D eigenvalue weighted by Gasteiger charge is 2.36. The number of carbonyl (C=O) groups excluding carboxylic acids is 1. The lowest BCUT2D eigenvalue weighted by Crippen LogP contribution is -2.44. The van der Waals surface area contributed by atoms with E-state index in [1.165, 1.54) is 5.56 Å². The van der Waals surface area contributed by atoms with Crippen LogP contribution in [0.1, 0.15) is 35.2 Å². The van der Waals surface area contributed by atoms with Gasteiger partial charge in [-0.2, -0.15) is 0 Å². The maximum absolute atomic E-state index is 12.7. The van der Waals surface area contributed by atoms with Crippen molar-refractivity contribution in [1.82, 2.24) is 30.1 Å². The van der Waals surface area contributed by atoms with E-state index in [0.29, 0.717) is 12.4 Å². The molecule has 1 aromatic carbocycles. The first kappa shape index (κ1) is 16.4. The zero-order valence-corrected chi connectivity index (χ0v) is 14.6. The molecule has 0 radical (unpaired) electrons. The first-order valence-electron chi connectivity index (χ1n) is 8.75. The molecule has 0 N–H and O–H groups in total. The Morgan fingerprint density at radius 2 is 1.96 bits per heavy atom. The Labute approximate surface area is 151 Å². The minimum absolute atomic E-state index is 0.0196. The second kappa shape index (κ2) is 7.03. The second-order valence-corrected chi connectivity index (χ2v) is 6.48. The first-order chi connectivity index (χ1) is 12.7. The summed E-state index contributed by atoms with van der Waals surface area (Å²) in [6.45, 7) is 2.76. The average Bonchev–Trinajstić information content (AvgIpc) is 3.10. The third kappa shape index (κ3) is 3.20. The molecule has 3 aromatic rings. The normalized spacial score (nSPS) is 16.6. The number of rotatable bonds is 5. The van der Waals surface area contributed by atoms with Crippen molar-refractivity contribution in [2.24, 2.45) is 0 Å². The highest BCUT2D eigenvalue weighted by atomic mass is 16.2. The summed E-state index contributed by atoms with van der Waals surface area (Å²) in [5.74, 6) is 0.688. The molecule has 1 amide bonds. The minimum Gasteiger partial charge on any atom is -0.325 e. The van der Waals surface area contributed by atoms with Crippen LogP contribution in [0.25, 0.3) is 0 Å². The number of carbonyl (C=O) groups is 1. The number of fused-ring (bicyclic) bond motifs is 1. The second-order valence-electron chi connectivity index (χ2n) is 6.48. The van der Waals surface area contributed by atoms with Crippen molar-refractivity contribution in [3.8, 4) is 0 Å². The van der Waals surface area contributed by atoms with E-state index in [4.69, 9.17) is 0 Å². The molecule has 1 aliphatic rings. The molecular weight excluding hydrogens is 328 g/mol. The van der Waals surface area contributed by atoms with Crippen LogP contribution < -0.4 is 0 Å². The summed E-state index contributed by atoms with van der Waals surface area (Å²) in [6.07, 6.45) is 1.79. The number of aryl methyl sites for hydroxylation is 2. The predicted octanol–water partition coefficient (Wildman–Crippen LogP) is 1.94. The maximum atomic E-state index is 12.7. The van der Waals surface area contributed by atoms with Gasteiger partial charge in [0, 0.05) is 12.2 Å². The molecule has 0 saturated heterocycles. The minimum atomic E-state index is -0.345. The monoisotopic (exact) mass is 348 g/mol. The summed E-state index contributed by atoms with van der Waals surface area (Å²) in [5, 5.41) is 11.9. The molecule has 26 heavy (non-hydrogen) atoms. The molecule has 1 atom stereocenters. The van der Waals surface area contributed by atoms with Crippen LogP contribution in [0.15, 0.2) is 48.5 Å². The summed E-state index contributed by atoms with van der Waals surface area (Å²) in [4.78, 5) is 19.2. The third-order valence-electron chi connectivity index (χ3n) is 4.62. The number of aromatic nitrogens is 5. The standard InChI is InChI=1S/C19H20N6O/c1-14-7-5-11-16(20-14)18-19-21-22-23-25(19)13-17(26)24(18)12-6-10-15-8-3-2-4-9-15/h2-5,7-9,11,18H,6,10,12-13H2,1H3. The van der Waals surface area contributed by atoms with Crippen molar-refractivity contribution in [1.29, 1.82) is 0 Å². The van der Waals surface area contributed by atoms with E-state index < -0.39 is 0 Å². The molecule has 1 aliphatic heterocycles. The fraction of sp³-hybridized carbons (Fsp3) is 0.316. The zero-order valence-electron chi connectivity index (χ0n) is 14.6. The Hall–Kier alpha value is -3.09. The van der Waals surface area contributed by atoms with Gasteiger partial charge in [0.15, 0.2) is 5.82 Å². The van der Waals surface area contributed by atoms with E-state index in [0.717, 1.165) is 24.2 Å². The fourth-order valence-corrected chi connectivity index (χ4v) is 3.38. The Morgan fingerprint density at radius 3 is 2.77 bits per heavy atom. The van der Waals surface area contributed by atoms with Gasteiger partial charge in [-0.15, -0.1) is 5.10 Å². The molecule has 0 aliphatic carbocycles. The van der Waals surface area contributed by atoms with Gasteiger partial charge in [-0.25, -0.2) is 4.68 Å². The molecule has 7 nitrogen and oxygen atoms in total. The van der Waals surface area contributed by atoms with Crippen molar-refractivity contribution in [2.75, 3.05) is 6.54 Å². The molecule has 0 spiro atoms. The third-order valence-corrected chi connectivity index (χ3v) is 4.62. The lowest BCUT2D eigenvalue weighted by Gasteiger charge is -2.34. The average molecular weight is 348 g/mol. The van der Waals surface area contributed by atoms with Crippen LogP contribution in [0.5, 0.6) is 0 Å². The summed E-state index contributed by atoms with van der Waals surface area (Å²) in [7, 11) is 0. The van der Waals surface area contributed by atoms with Crippen LogP contribution in [0.2, 0.25) is 0 Å². The number of pyridine rings is 1.